The Kier molecular flexibility index (Phi) is 8.06. The van der Waals surface area contributed by atoms with Crippen LogP contribution < -0.4 is 26.2 Å². The minimum atomic E-state index is -2.38. The summed E-state index contributed by atoms with van der Waals surface area (Å²) in [4.78, 5) is 28.0. The van der Waals surface area contributed by atoms with Crippen molar-refractivity contribution in [1.82, 2.24) is 29.8 Å². The Morgan fingerprint density at radius 1 is 1.14 bits per heavy atom. The second-order valence-electron chi connectivity index (χ2n) is 8.08. The Hall–Kier alpha value is -4.06. The number of nitrogens with two attached hydrogens (primary N) is 1. The molecule has 1 aromatic carbocycles. The van der Waals surface area contributed by atoms with E-state index in [4.69, 9.17) is 15.2 Å². The number of imidazole rings is 1. The fourth-order valence-electron chi connectivity index (χ4n) is 3.42. The number of halogens is 2. The number of unbranched alkanes of at least 4 members (excludes halogenated alkanes) is 1. The van der Waals surface area contributed by atoms with E-state index in [1.807, 2.05) is 6.92 Å². The first-order valence-corrected chi connectivity index (χ1v) is 11.5. The van der Waals surface area contributed by atoms with E-state index >= 15 is 0 Å². The number of rotatable bonds is 12. The molecule has 0 fully saturated rings. The molecule has 0 saturated heterocycles. The van der Waals surface area contributed by atoms with Crippen molar-refractivity contribution in [1.29, 1.82) is 0 Å². The number of aromatic amines is 1. The highest BCUT2D eigenvalue weighted by molar-refractivity contribution is 5.81. The summed E-state index contributed by atoms with van der Waals surface area (Å²) in [6.07, 6.45) is 1.03. The van der Waals surface area contributed by atoms with Crippen LogP contribution in [-0.2, 0) is 13.1 Å². The Labute approximate surface area is 205 Å². The molecule has 0 aliphatic rings. The standard InChI is InChI=1S/C24H27F2N7O3/c1-2-3-10-35-23-31-21(27)20-22(32-23)33(24(34)30-20)14-16-6-9-19(29-12-16)36-17-7-4-15(5-8-17)11-28-13-18(25)26/h4-9,12,18,28H,2-3,10-11,13-14H2,1H3,(H,30,34)(H2,27,31,32). The van der Waals surface area contributed by atoms with E-state index in [0.717, 1.165) is 24.0 Å². The summed E-state index contributed by atoms with van der Waals surface area (Å²) in [5, 5.41) is 2.68. The Morgan fingerprint density at radius 3 is 2.61 bits per heavy atom. The summed E-state index contributed by atoms with van der Waals surface area (Å²) in [5.74, 6) is 1.07. The van der Waals surface area contributed by atoms with E-state index in [0.29, 0.717) is 35.9 Å². The molecular weight excluding hydrogens is 472 g/mol. The van der Waals surface area contributed by atoms with Gasteiger partial charge in [0.15, 0.2) is 11.5 Å². The van der Waals surface area contributed by atoms with E-state index in [1.54, 1.807) is 42.6 Å². The molecule has 3 aromatic heterocycles. The van der Waals surface area contributed by atoms with Crippen molar-refractivity contribution >= 4 is 17.0 Å². The van der Waals surface area contributed by atoms with Crippen LogP contribution in [0.5, 0.6) is 17.6 Å². The van der Waals surface area contributed by atoms with E-state index in [-0.39, 0.29) is 30.6 Å². The molecule has 0 saturated carbocycles. The van der Waals surface area contributed by atoms with Crippen LogP contribution in [0.2, 0.25) is 0 Å². The van der Waals surface area contributed by atoms with Crippen LogP contribution in [0.25, 0.3) is 11.2 Å². The zero-order valence-corrected chi connectivity index (χ0v) is 19.7. The lowest BCUT2D eigenvalue weighted by Crippen LogP contribution is -2.20. The fourth-order valence-corrected chi connectivity index (χ4v) is 3.42. The van der Waals surface area contributed by atoms with Crippen molar-refractivity contribution in [2.75, 3.05) is 18.9 Å². The Bertz CT molecular complexity index is 1340. The second kappa shape index (κ2) is 11.6. The first kappa shape index (κ1) is 25.0. The average Bonchev–Trinajstić information content (AvgIpc) is 3.17. The highest BCUT2D eigenvalue weighted by Crippen LogP contribution is 2.22. The Morgan fingerprint density at radius 2 is 1.92 bits per heavy atom. The van der Waals surface area contributed by atoms with Gasteiger partial charge in [0.2, 0.25) is 5.88 Å². The molecule has 12 heteroatoms. The van der Waals surface area contributed by atoms with Crippen LogP contribution in [0.15, 0.2) is 47.4 Å². The van der Waals surface area contributed by atoms with Gasteiger partial charge in [-0.1, -0.05) is 31.5 Å². The largest absolute Gasteiger partial charge is 0.463 e. The number of hydrogen-bond acceptors (Lipinski definition) is 8. The van der Waals surface area contributed by atoms with Gasteiger partial charge in [0.05, 0.1) is 19.7 Å². The lowest BCUT2D eigenvalue weighted by Gasteiger charge is -2.09. The monoisotopic (exact) mass is 499 g/mol. The van der Waals surface area contributed by atoms with E-state index in [1.165, 1.54) is 4.57 Å². The van der Waals surface area contributed by atoms with E-state index in [2.05, 4.69) is 25.3 Å². The molecule has 0 radical (unpaired) electrons. The van der Waals surface area contributed by atoms with Gasteiger partial charge in [-0.25, -0.2) is 18.6 Å². The van der Waals surface area contributed by atoms with Crippen molar-refractivity contribution in [3.63, 3.8) is 0 Å². The lowest BCUT2D eigenvalue weighted by atomic mass is 10.2. The number of H-pyrrole nitrogens is 1. The molecule has 0 aliphatic carbocycles. The van der Waals surface area contributed by atoms with Crippen molar-refractivity contribution in [2.24, 2.45) is 0 Å². The first-order valence-electron chi connectivity index (χ1n) is 11.5. The number of hydrogen-bond donors (Lipinski definition) is 3. The maximum absolute atomic E-state index is 12.6. The third-order valence-electron chi connectivity index (χ3n) is 5.27. The highest BCUT2D eigenvalue weighted by Gasteiger charge is 2.15. The van der Waals surface area contributed by atoms with Gasteiger partial charge >= 0.3 is 11.7 Å². The minimum Gasteiger partial charge on any atom is -0.463 e. The van der Waals surface area contributed by atoms with E-state index < -0.39 is 6.43 Å². The van der Waals surface area contributed by atoms with E-state index in [9.17, 15) is 13.6 Å². The average molecular weight is 500 g/mol. The van der Waals surface area contributed by atoms with Crippen LogP contribution in [0.3, 0.4) is 0 Å². The van der Waals surface area contributed by atoms with Gasteiger partial charge in [-0.05, 0) is 29.7 Å². The molecular formula is C24H27F2N7O3. The Balaban J connectivity index is 1.43. The molecule has 0 bridgehead atoms. The van der Waals surface area contributed by atoms with Crippen LogP contribution in [0.1, 0.15) is 30.9 Å². The van der Waals surface area contributed by atoms with Gasteiger partial charge in [0.1, 0.15) is 11.3 Å². The second-order valence-corrected chi connectivity index (χ2v) is 8.08. The summed E-state index contributed by atoms with van der Waals surface area (Å²) >= 11 is 0. The number of nitrogen functional groups attached to an aromatic ring is 1. The summed E-state index contributed by atoms with van der Waals surface area (Å²) in [6.45, 7) is 2.70. The quantitative estimate of drug-likeness (QED) is 0.252. The van der Waals surface area contributed by atoms with Crippen LogP contribution in [0, 0.1) is 0 Å². The molecule has 190 valence electrons. The van der Waals surface area contributed by atoms with Crippen molar-refractivity contribution in [2.45, 2.75) is 39.3 Å². The number of pyridine rings is 1. The molecule has 0 unspecified atom stereocenters. The third-order valence-corrected chi connectivity index (χ3v) is 5.27. The van der Waals surface area contributed by atoms with Crippen LogP contribution in [-0.4, -0.2) is 44.1 Å². The smallest absolute Gasteiger partial charge is 0.328 e. The highest BCUT2D eigenvalue weighted by atomic mass is 19.3. The normalized spacial score (nSPS) is 11.3. The predicted octanol–water partition coefficient (Wildman–Crippen LogP) is 3.47. The van der Waals surface area contributed by atoms with Crippen molar-refractivity contribution in [3.05, 3.63) is 64.2 Å². The summed E-state index contributed by atoms with van der Waals surface area (Å²) in [7, 11) is 0. The molecule has 0 amide bonds. The summed E-state index contributed by atoms with van der Waals surface area (Å²) in [5.41, 5.74) is 7.93. The molecule has 4 rings (SSSR count). The number of fused-ring (bicyclic) bond motifs is 1. The molecule has 4 aromatic rings. The van der Waals surface area contributed by atoms with Crippen LogP contribution in [0.4, 0.5) is 14.6 Å². The number of aromatic nitrogens is 5. The van der Waals surface area contributed by atoms with Gasteiger partial charge < -0.3 is 25.5 Å². The number of nitrogens with zero attached hydrogens (tertiary/aromatic N) is 4. The number of ether oxygens (including phenoxy) is 2. The molecule has 3 heterocycles. The van der Waals surface area contributed by atoms with Gasteiger partial charge in [-0.2, -0.15) is 9.97 Å². The molecule has 0 aliphatic heterocycles. The van der Waals surface area contributed by atoms with Gasteiger partial charge in [-0.15, -0.1) is 0 Å². The zero-order valence-electron chi connectivity index (χ0n) is 19.7. The number of anilines is 1. The molecule has 0 atom stereocenters. The topological polar surface area (TPSA) is 133 Å². The first-order chi connectivity index (χ1) is 17.4. The lowest BCUT2D eigenvalue weighted by molar-refractivity contribution is 0.145. The van der Waals surface area contributed by atoms with Gasteiger partial charge in [0, 0.05) is 18.8 Å². The molecule has 0 spiro atoms. The third kappa shape index (κ3) is 6.33. The predicted molar refractivity (Wildman–Crippen MR) is 131 cm³/mol. The molecule has 10 nitrogen and oxygen atoms in total. The van der Waals surface area contributed by atoms with Gasteiger partial charge in [-0.3, -0.25) is 4.57 Å². The molecule has 36 heavy (non-hydrogen) atoms. The SMILES string of the molecule is CCCCOc1nc(N)c2[nH]c(=O)n(Cc3ccc(Oc4ccc(CNCC(F)F)cc4)nc3)c2n1. The summed E-state index contributed by atoms with van der Waals surface area (Å²) in [6, 6.07) is 10.7. The number of benzene rings is 1. The fraction of sp³-hybridized carbons (Fsp3) is 0.333. The molecule has 4 N–H and O–H groups in total. The van der Waals surface area contributed by atoms with Crippen molar-refractivity contribution < 1.29 is 18.3 Å². The van der Waals surface area contributed by atoms with Crippen molar-refractivity contribution in [3.8, 4) is 17.6 Å². The maximum Gasteiger partial charge on any atom is 0.328 e. The summed E-state index contributed by atoms with van der Waals surface area (Å²) < 4.78 is 37.2. The minimum absolute atomic E-state index is 0.124. The number of nitrogens with one attached hydrogen (secondary N) is 2. The van der Waals surface area contributed by atoms with Crippen LogP contribution >= 0.6 is 0 Å². The zero-order chi connectivity index (χ0) is 25.5. The van der Waals surface area contributed by atoms with Gasteiger partial charge in [0.25, 0.3) is 6.43 Å². The maximum atomic E-state index is 12.6. The number of alkyl halides is 2.